The van der Waals surface area contributed by atoms with Crippen LogP contribution < -0.4 is 12.4 Å². The Morgan fingerprint density at radius 1 is 0.654 bits per heavy atom. The molecule has 0 aromatic rings. The highest BCUT2D eigenvalue weighted by Crippen LogP contribution is 2.16. The molecule has 2 nitrogen and oxygen atoms in total. The molecule has 26 heavy (non-hydrogen) atoms. The monoisotopic (exact) mass is 389 g/mol. The van der Waals surface area contributed by atoms with E-state index in [1.807, 2.05) is 0 Å². The van der Waals surface area contributed by atoms with Crippen LogP contribution >= 0.6 is 0 Å². The minimum atomic E-state index is 0. The zero-order chi connectivity index (χ0) is 18.2. The second-order valence-electron chi connectivity index (χ2n) is 9.10. The lowest BCUT2D eigenvalue weighted by Gasteiger charge is -2.29. The van der Waals surface area contributed by atoms with Crippen molar-refractivity contribution in [3.8, 4) is 0 Å². The minimum absolute atomic E-state index is 0. The average Bonchev–Trinajstić information content (AvgIpc) is 3.37. The van der Waals surface area contributed by atoms with Gasteiger partial charge < -0.3 is 21.6 Å². The Hall–Kier alpha value is 0.210. The van der Waals surface area contributed by atoms with Gasteiger partial charge in [-0.2, -0.15) is 0 Å². The van der Waals surface area contributed by atoms with Gasteiger partial charge in [0.05, 0.1) is 27.2 Å². The summed E-state index contributed by atoms with van der Waals surface area (Å²) < 4.78 is 6.50. The van der Waals surface area contributed by atoms with Gasteiger partial charge in [-0.3, -0.25) is 0 Å². The average molecular weight is 390 g/mol. The Bertz CT molecular complexity index is 292. The summed E-state index contributed by atoms with van der Waals surface area (Å²) in [6.07, 6.45) is 23.8. The van der Waals surface area contributed by atoms with E-state index in [-0.39, 0.29) is 12.4 Å². The van der Waals surface area contributed by atoms with Gasteiger partial charge in [0.1, 0.15) is 12.6 Å². The molecule has 1 rings (SSSR count). The van der Waals surface area contributed by atoms with Gasteiger partial charge in [0.25, 0.3) is 0 Å². The van der Waals surface area contributed by atoms with E-state index in [0.717, 1.165) is 11.1 Å². The van der Waals surface area contributed by atoms with Crippen LogP contribution in [0.3, 0.4) is 0 Å². The molecule has 158 valence electrons. The predicted molar refractivity (Wildman–Crippen MR) is 111 cm³/mol. The Labute approximate surface area is 171 Å². The van der Waals surface area contributed by atoms with Gasteiger partial charge in [-0.15, -0.1) is 0 Å². The lowest BCUT2D eigenvalue weighted by atomic mass is 10.0. The minimum Gasteiger partial charge on any atom is -1.00 e. The summed E-state index contributed by atoms with van der Waals surface area (Å²) in [4.78, 5) is 0. The SMILES string of the molecule is CCCCCCCCCCCCCCCCCC[N+](C)(C)CC1CO1.[Cl-]. The molecule has 0 saturated carbocycles. The number of ether oxygens (including phenoxy) is 1. The first kappa shape index (κ1) is 26.2. The van der Waals surface area contributed by atoms with Gasteiger partial charge in [0.15, 0.2) is 0 Å². The molecule has 0 N–H and O–H groups in total. The molecule has 0 bridgehead atoms. The number of nitrogens with zero attached hydrogens (tertiary/aromatic N) is 1. The second kappa shape index (κ2) is 17.3. The number of hydrogen-bond donors (Lipinski definition) is 0. The van der Waals surface area contributed by atoms with E-state index in [1.165, 1.54) is 116 Å². The summed E-state index contributed by atoms with van der Waals surface area (Å²) in [5.41, 5.74) is 0. The van der Waals surface area contributed by atoms with Crippen LogP contribution in [0.15, 0.2) is 0 Å². The summed E-state index contributed by atoms with van der Waals surface area (Å²) >= 11 is 0. The number of likely N-dealkylation sites (N-methyl/N-ethyl adjacent to an activating group) is 1. The van der Waals surface area contributed by atoms with Gasteiger partial charge in [-0.1, -0.05) is 96.8 Å². The number of unbranched alkanes of at least 4 members (excludes halogenated alkanes) is 15. The van der Waals surface area contributed by atoms with Crippen LogP contribution in [-0.2, 0) is 4.74 Å². The van der Waals surface area contributed by atoms with E-state index >= 15 is 0 Å². The summed E-state index contributed by atoms with van der Waals surface area (Å²) in [5, 5.41) is 0. The van der Waals surface area contributed by atoms with Gasteiger partial charge in [0.2, 0.25) is 0 Å². The van der Waals surface area contributed by atoms with E-state index in [2.05, 4.69) is 21.0 Å². The lowest BCUT2D eigenvalue weighted by molar-refractivity contribution is -0.891. The first-order valence-corrected chi connectivity index (χ1v) is 11.6. The third kappa shape index (κ3) is 17.6. The molecule has 0 aromatic heterocycles. The Balaban J connectivity index is 0.00000625. The predicted octanol–water partition coefficient (Wildman–Crippen LogP) is 3.73. The van der Waals surface area contributed by atoms with E-state index in [1.54, 1.807) is 0 Å². The molecule has 1 fully saturated rings. The van der Waals surface area contributed by atoms with Crippen LogP contribution in [-0.4, -0.2) is 44.4 Å². The van der Waals surface area contributed by atoms with Gasteiger partial charge in [-0.25, -0.2) is 0 Å². The first-order chi connectivity index (χ1) is 12.1. The molecule has 1 saturated heterocycles. The largest absolute Gasteiger partial charge is 1.00 e. The number of epoxide rings is 1. The summed E-state index contributed by atoms with van der Waals surface area (Å²) in [6, 6.07) is 0. The van der Waals surface area contributed by atoms with Crippen LogP contribution in [0, 0.1) is 0 Å². The standard InChI is InChI=1S/C23H48NO.ClH/c1-4-5-6-7-8-9-10-11-12-13-14-15-16-17-18-19-20-24(2,3)21-23-22-25-23;/h23H,4-22H2,1-3H3;1H/q+1;/p-1. The number of hydrogen-bond acceptors (Lipinski definition) is 1. The van der Waals surface area contributed by atoms with Crippen molar-refractivity contribution in [2.75, 3.05) is 33.8 Å². The Morgan fingerprint density at radius 2 is 1.00 bits per heavy atom. The molecule has 1 aliphatic heterocycles. The van der Waals surface area contributed by atoms with Crippen molar-refractivity contribution in [1.29, 1.82) is 0 Å². The summed E-state index contributed by atoms with van der Waals surface area (Å²) in [5.74, 6) is 0. The maximum Gasteiger partial charge on any atom is 0.130 e. The zero-order valence-corrected chi connectivity index (χ0v) is 19.0. The first-order valence-electron chi connectivity index (χ1n) is 11.6. The van der Waals surface area contributed by atoms with Crippen molar-refractivity contribution in [1.82, 2.24) is 0 Å². The van der Waals surface area contributed by atoms with E-state index in [9.17, 15) is 0 Å². The van der Waals surface area contributed by atoms with Crippen molar-refractivity contribution in [2.24, 2.45) is 0 Å². The highest BCUT2D eigenvalue weighted by atomic mass is 35.5. The van der Waals surface area contributed by atoms with Crippen molar-refractivity contribution in [3.63, 3.8) is 0 Å². The molecule has 0 radical (unpaired) electrons. The highest BCUT2D eigenvalue weighted by molar-refractivity contribution is 4.67. The number of rotatable bonds is 19. The molecule has 0 amide bonds. The van der Waals surface area contributed by atoms with Crippen molar-refractivity contribution < 1.29 is 21.6 Å². The quantitative estimate of drug-likeness (QED) is 0.186. The number of halogens is 1. The fourth-order valence-corrected chi connectivity index (χ4v) is 3.90. The van der Waals surface area contributed by atoms with Crippen LogP contribution in [0.5, 0.6) is 0 Å². The van der Waals surface area contributed by atoms with E-state index in [0.29, 0.717) is 6.10 Å². The van der Waals surface area contributed by atoms with Crippen molar-refractivity contribution in [2.45, 2.75) is 116 Å². The summed E-state index contributed by atoms with van der Waals surface area (Å²) in [7, 11) is 4.71. The fourth-order valence-electron chi connectivity index (χ4n) is 3.90. The molecule has 0 aliphatic carbocycles. The summed E-state index contributed by atoms with van der Waals surface area (Å²) in [6.45, 7) is 5.82. The molecule has 1 aliphatic rings. The third-order valence-corrected chi connectivity index (χ3v) is 5.72. The molecule has 1 atom stereocenters. The van der Waals surface area contributed by atoms with Crippen LogP contribution in [0.2, 0.25) is 0 Å². The number of quaternary nitrogens is 1. The molecule has 1 heterocycles. The molecule has 3 heteroatoms. The maximum atomic E-state index is 5.36. The van der Waals surface area contributed by atoms with Crippen LogP contribution in [0.4, 0.5) is 0 Å². The van der Waals surface area contributed by atoms with Gasteiger partial charge in [-0.05, 0) is 12.8 Å². The molecular formula is C23H48ClNO. The smallest absolute Gasteiger partial charge is 0.130 e. The maximum absolute atomic E-state index is 5.36. The topological polar surface area (TPSA) is 12.5 Å². The van der Waals surface area contributed by atoms with Crippen molar-refractivity contribution in [3.05, 3.63) is 0 Å². The molecule has 0 aromatic carbocycles. The molecule has 0 spiro atoms. The zero-order valence-electron chi connectivity index (χ0n) is 18.2. The van der Waals surface area contributed by atoms with E-state index < -0.39 is 0 Å². The van der Waals surface area contributed by atoms with Crippen molar-refractivity contribution >= 4 is 0 Å². The van der Waals surface area contributed by atoms with Crippen LogP contribution in [0.25, 0.3) is 0 Å². The Morgan fingerprint density at radius 3 is 1.35 bits per heavy atom. The van der Waals surface area contributed by atoms with Gasteiger partial charge >= 0.3 is 0 Å². The highest BCUT2D eigenvalue weighted by Gasteiger charge is 2.30. The van der Waals surface area contributed by atoms with Crippen LogP contribution in [0.1, 0.15) is 110 Å². The normalized spacial score (nSPS) is 16.5. The molecule has 1 unspecified atom stereocenters. The Kier molecular flexibility index (Phi) is 17.5. The third-order valence-electron chi connectivity index (χ3n) is 5.72. The van der Waals surface area contributed by atoms with E-state index in [4.69, 9.17) is 4.74 Å². The molecular weight excluding hydrogens is 342 g/mol. The lowest BCUT2D eigenvalue weighted by Crippen LogP contribution is -3.00. The second-order valence-corrected chi connectivity index (χ2v) is 9.10. The van der Waals surface area contributed by atoms with Gasteiger partial charge in [0, 0.05) is 0 Å². The fraction of sp³-hybridized carbons (Fsp3) is 1.00.